The van der Waals surface area contributed by atoms with E-state index in [0.29, 0.717) is 0 Å². The van der Waals surface area contributed by atoms with Crippen molar-refractivity contribution in [3.8, 4) is 11.8 Å². The minimum atomic E-state index is -0.301. The maximum Gasteiger partial charge on any atom is 0.263 e. The zero-order valence-electron chi connectivity index (χ0n) is 17.0. The quantitative estimate of drug-likeness (QED) is 0.565. The van der Waals surface area contributed by atoms with Crippen molar-refractivity contribution in [2.24, 2.45) is 0 Å². The molecule has 0 spiro atoms. The van der Waals surface area contributed by atoms with E-state index in [4.69, 9.17) is 0 Å². The first-order valence-corrected chi connectivity index (χ1v) is 10.5. The smallest absolute Gasteiger partial charge is 0.263 e. The summed E-state index contributed by atoms with van der Waals surface area (Å²) in [7, 11) is 1.78. The van der Waals surface area contributed by atoms with Crippen LogP contribution in [0.1, 0.15) is 70.6 Å². The molecule has 1 saturated carbocycles. The summed E-state index contributed by atoms with van der Waals surface area (Å²) in [6.07, 6.45) is 14.8. The fourth-order valence-electron chi connectivity index (χ4n) is 3.66. The van der Waals surface area contributed by atoms with Gasteiger partial charge in [-0.25, -0.2) is 0 Å². The van der Waals surface area contributed by atoms with E-state index in [0.717, 1.165) is 31.4 Å². The zero-order chi connectivity index (χ0) is 20.2. The molecular weight excluding hydrogens is 350 g/mol. The van der Waals surface area contributed by atoms with E-state index < -0.39 is 0 Å². The van der Waals surface area contributed by atoms with Crippen LogP contribution in [0.25, 0.3) is 0 Å². The number of anilines is 1. The summed E-state index contributed by atoms with van der Waals surface area (Å²) in [5.41, 5.74) is 0.894. The van der Waals surface area contributed by atoms with Crippen LogP contribution in [0.2, 0.25) is 0 Å². The number of hydrogen-bond donors (Lipinski definition) is 2. The van der Waals surface area contributed by atoms with Crippen molar-refractivity contribution in [3.63, 3.8) is 0 Å². The number of carbonyl (C=O) groups excluding carboxylic acids is 1. The molecule has 0 atom stereocenters. The zero-order valence-corrected chi connectivity index (χ0v) is 17.0. The van der Waals surface area contributed by atoms with Gasteiger partial charge in [-0.05, 0) is 37.1 Å². The van der Waals surface area contributed by atoms with Gasteiger partial charge in [-0.2, -0.15) is 5.26 Å². The molecule has 0 bridgehead atoms. The third-order valence-electron chi connectivity index (χ3n) is 5.39. The van der Waals surface area contributed by atoms with E-state index >= 15 is 0 Å². The number of phenolic OH excluding ortho intramolecular Hbond substituents is 1. The molecule has 1 aliphatic rings. The van der Waals surface area contributed by atoms with Crippen LogP contribution < -0.4 is 10.2 Å². The second-order valence-electron chi connectivity index (χ2n) is 7.71. The Kier molecular flexibility index (Phi) is 9.41. The standard InChI is InChI=1S/C23H33N3O2/c1-26(21-13-15-22(27)16-14-21)18-19(17-24)23(28)25-20-11-9-7-5-3-2-4-6-8-10-12-20/h13-16,18,20,27H,2-12H2,1H3,(H,25,28)/b19-18-. The topological polar surface area (TPSA) is 76.4 Å². The van der Waals surface area contributed by atoms with E-state index in [1.807, 2.05) is 6.07 Å². The first-order chi connectivity index (χ1) is 13.6. The highest BCUT2D eigenvalue weighted by molar-refractivity contribution is 5.97. The molecule has 1 aliphatic carbocycles. The Bertz CT molecular complexity index is 664. The molecular formula is C23H33N3O2. The summed E-state index contributed by atoms with van der Waals surface area (Å²) in [6.45, 7) is 0. The van der Waals surface area contributed by atoms with Crippen molar-refractivity contribution in [1.29, 1.82) is 5.26 Å². The molecule has 152 valence electrons. The normalized spacial score (nSPS) is 17.6. The minimum absolute atomic E-state index is 0.0988. The van der Waals surface area contributed by atoms with Gasteiger partial charge >= 0.3 is 0 Å². The number of amides is 1. The molecule has 0 unspecified atom stereocenters. The van der Waals surface area contributed by atoms with Crippen molar-refractivity contribution >= 4 is 11.6 Å². The van der Waals surface area contributed by atoms with Gasteiger partial charge in [0.2, 0.25) is 0 Å². The number of carbonyl (C=O) groups is 1. The van der Waals surface area contributed by atoms with Crippen LogP contribution in [0.4, 0.5) is 5.69 Å². The lowest BCUT2D eigenvalue weighted by atomic mass is 9.97. The highest BCUT2D eigenvalue weighted by atomic mass is 16.3. The first-order valence-electron chi connectivity index (χ1n) is 10.5. The Morgan fingerprint density at radius 1 is 1.04 bits per heavy atom. The van der Waals surface area contributed by atoms with Gasteiger partial charge in [0.25, 0.3) is 5.91 Å². The Morgan fingerprint density at radius 3 is 2.04 bits per heavy atom. The van der Waals surface area contributed by atoms with Crippen LogP contribution in [-0.4, -0.2) is 24.1 Å². The molecule has 1 aromatic rings. The van der Waals surface area contributed by atoms with E-state index in [2.05, 4.69) is 5.32 Å². The highest BCUT2D eigenvalue weighted by Crippen LogP contribution is 2.19. The highest BCUT2D eigenvalue weighted by Gasteiger charge is 2.16. The van der Waals surface area contributed by atoms with Crippen LogP contribution in [-0.2, 0) is 4.79 Å². The molecule has 0 heterocycles. The van der Waals surface area contributed by atoms with Crippen LogP contribution in [0, 0.1) is 11.3 Å². The summed E-state index contributed by atoms with van der Waals surface area (Å²) >= 11 is 0. The molecule has 2 N–H and O–H groups in total. The summed E-state index contributed by atoms with van der Waals surface area (Å²) in [5.74, 6) is -0.118. The number of nitriles is 1. The van der Waals surface area contributed by atoms with Crippen molar-refractivity contribution in [1.82, 2.24) is 5.32 Å². The molecule has 28 heavy (non-hydrogen) atoms. The molecule has 0 aliphatic heterocycles. The van der Waals surface area contributed by atoms with Gasteiger partial charge in [0.15, 0.2) is 0 Å². The van der Waals surface area contributed by atoms with Gasteiger partial charge in [0.05, 0.1) is 0 Å². The summed E-state index contributed by atoms with van der Waals surface area (Å²) < 4.78 is 0. The molecule has 1 amide bonds. The lowest BCUT2D eigenvalue weighted by Crippen LogP contribution is -2.36. The van der Waals surface area contributed by atoms with Crippen LogP contribution >= 0.6 is 0 Å². The SMILES string of the molecule is CN(/C=C(/C#N)C(=O)NC1CCCCCCCCCCC1)c1ccc(O)cc1. The Morgan fingerprint density at radius 2 is 1.54 bits per heavy atom. The van der Waals surface area contributed by atoms with Gasteiger partial charge in [0, 0.05) is 25.0 Å². The number of nitrogens with one attached hydrogen (secondary N) is 1. The van der Waals surface area contributed by atoms with Gasteiger partial charge in [-0.15, -0.1) is 0 Å². The maximum absolute atomic E-state index is 12.7. The minimum Gasteiger partial charge on any atom is -0.508 e. The third kappa shape index (κ3) is 7.64. The number of rotatable bonds is 4. The second kappa shape index (κ2) is 12.1. The summed E-state index contributed by atoms with van der Waals surface area (Å²) in [5, 5.41) is 22.0. The largest absolute Gasteiger partial charge is 0.508 e. The van der Waals surface area contributed by atoms with Crippen molar-refractivity contribution in [2.45, 2.75) is 76.7 Å². The first kappa shape index (κ1) is 21.8. The molecule has 0 saturated heterocycles. The Labute approximate surface area is 169 Å². The van der Waals surface area contributed by atoms with Gasteiger partial charge < -0.3 is 15.3 Å². The summed E-state index contributed by atoms with van der Waals surface area (Å²) in [4.78, 5) is 14.4. The van der Waals surface area contributed by atoms with Gasteiger partial charge in [-0.1, -0.05) is 57.8 Å². The molecule has 1 fully saturated rings. The molecule has 0 aromatic heterocycles. The molecule has 5 heteroatoms. The number of nitrogens with zero attached hydrogens (tertiary/aromatic N) is 2. The Balaban J connectivity index is 1.97. The number of hydrogen-bond acceptors (Lipinski definition) is 4. The molecule has 1 aromatic carbocycles. The summed E-state index contributed by atoms with van der Waals surface area (Å²) in [6, 6.07) is 8.81. The van der Waals surface area contributed by atoms with Crippen LogP contribution in [0.5, 0.6) is 5.75 Å². The number of aromatic hydroxyl groups is 1. The van der Waals surface area contributed by atoms with Crippen LogP contribution in [0.3, 0.4) is 0 Å². The van der Waals surface area contributed by atoms with Crippen molar-refractivity contribution < 1.29 is 9.90 Å². The predicted octanol–water partition coefficient (Wildman–Crippen LogP) is 5.03. The fraction of sp³-hybridized carbons (Fsp3) is 0.565. The molecule has 0 radical (unpaired) electrons. The van der Waals surface area contributed by atoms with Gasteiger partial charge in [0.1, 0.15) is 17.4 Å². The lowest BCUT2D eigenvalue weighted by Gasteiger charge is -2.20. The van der Waals surface area contributed by atoms with E-state index in [9.17, 15) is 15.2 Å². The van der Waals surface area contributed by atoms with E-state index in [1.54, 1.807) is 42.4 Å². The lowest BCUT2D eigenvalue weighted by molar-refractivity contribution is -0.117. The second-order valence-corrected chi connectivity index (χ2v) is 7.71. The monoisotopic (exact) mass is 383 g/mol. The average molecular weight is 384 g/mol. The van der Waals surface area contributed by atoms with Crippen LogP contribution in [0.15, 0.2) is 36.0 Å². The van der Waals surface area contributed by atoms with Crippen molar-refractivity contribution in [3.05, 3.63) is 36.0 Å². The Hall–Kier alpha value is -2.48. The molecule has 2 rings (SSSR count). The van der Waals surface area contributed by atoms with Gasteiger partial charge in [-0.3, -0.25) is 4.79 Å². The van der Waals surface area contributed by atoms with Crippen molar-refractivity contribution in [2.75, 3.05) is 11.9 Å². The number of benzene rings is 1. The third-order valence-corrected chi connectivity index (χ3v) is 5.39. The predicted molar refractivity (Wildman–Crippen MR) is 113 cm³/mol. The maximum atomic E-state index is 12.7. The average Bonchev–Trinajstić information content (AvgIpc) is 2.68. The van der Waals surface area contributed by atoms with E-state index in [1.165, 1.54) is 44.9 Å². The number of phenols is 1. The fourth-order valence-corrected chi connectivity index (χ4v) is 3.66. The van der Waals surface area contributed by atoms with E-state index in [-0.39, 0.29) is 23.3 Å². The molecule has 5 nitrogen and oxygen atoms in total.